The highest BCUT2D eigenvalue weighted by atomic mass is 32.2. The van der Waals surface area contributed by atoms with Gasteiger partial charge in [0.1, 0.15) is 10.9 Å². The van der Waals surface area contributed by atoms with Gasteiger partial charge < -0.3 is 10.1 Å². The first kappa shape index (κ1) is 14.9. The first-order chi connectivity index (χ1) is 9.43. The predicted octanol–water partition coefficient (Wildman–Crippen LogP) is -0.676. The number of carbonyl (C=O) groups excluding carboxylic acids is 1. The molecular formula is C11H18N4O4S. The molecule has 2 heterocycles. The van der Waals surface area contributed by atoms with E-state index in [4.69, 9.17) is 4.74 Å². The zero-order valence-electron chi connectivity index (χ0n) is 11.4. The molecule has 1 aromatic heterocycles. The molecule has 0 saturated carbocycles. The zero-order valence-corrected chi connectivity index (χ0v) is 12.2. The van der Waals surface area contributed by atoms with Crippen molar-refractivity contribution >= 4 is 15.9 Å². The lowest BCUT2D eigenvalue weighted by Gasteiger charge is -2.33. The Hall–Kier alpha value is -1.45. The Bertz CT molecular complexity index is 555. The third-order valence-electron chi connectivity index (χ3n) is 2.89. The maximum atomic E-state index is 12.5. The van der Waals surface area contributed by atoms with E-state index in [2.05, 4.69) is 15.5 Å². The van der Waals surface area contributed by atoms with Gasteiger partial charge in [-0.15, -0.1) is 0 Å². The normalized spacial score (nSPS) is 21.1. The summed E-state index contributed by atoms with van der Waals surface area (Å²) in [5.41, 5.74) is 0. The van der Waals surface area contributed by atoms with Gasteiger partial charge in [-0.1, -0.05) is 0 Å². The molecule has 1 unspecified atom stereocenters. The van der Waals surface area contributed by atoms with E-state index >= 15 is 0 Å². The summed E-state index contributed by atoms with van der Waals surface area (Å²) in [6.45, 7) is 4.09. The molecule has 0 spiro atoms. The van der Waals surface area contributed by atoms with Gasteiger partial charge in [0.05, 0.1) is 19.4 Å². The van der Waals surface area contributed by atoms with Gasteiger partial charge in [-0.3, -0.25) is 9.89 Å². The van der Waals surface area contributed by atoms with Crippen LogP contribution in [0.15, 0.2) is 17.3 Å². The van der Waals surface area contributed by atoms with Crippen LogP contribution < -0.4 is 5.32 Å². The second-order valence-corrected chi connectivity index (χ2v) is 6.69. The number of rotatable bonds is 4. The number of aromatic amines is 1. The third kappa shape index (κ3) is 3.00. The summed E-state index contributed by atoms with van der Waals surface area (Å²) in [6, 6.07) is -0.922. The van der Waals surface area contributed by atoms with E-state index in [0.717, 1.165) is 0 Å². The Morgan fingerprint density at radius 2 is 2.35 bits per heavy atom. The van der Waals surface area contributed by atoms with Gasteiger partial charge in [-0.25, -0.2) is 8.42 Å². The number of amides is 1. The Labute approximate surface area is 117 Å². The molecule has 0 radical (unpaired) electrons. The topological polar surface area (TPSA) is 104 Å². The molecule has 1 amide bonds. The number of hydrogen-bond donors (Lipinski definition) is 2. The molecule has 1 atom stereocenters. The molecule has 0 bridgehead atoms. The highest BCUT2D eigenvalue weighted by molar-refractivity contribution is 7.89. The maximum absolute atomic E-state index is 12.5. The number of ether oxygens (including phenoxy) is 1. The van der Waals surface area contributed by atoms with Crippen LogP contribution in [-0.2, 0) is 19.6 Å². The predicted molar refractivity (Wildman–Crippen MR) is 70.4 cm³/mol. The number of aromatic nitrogens is 2. The minimum Gasteiger partial charge on any atom is -0.378 e. The molecule has 2 rings (SSSR count). The van der Waals surface area contributed by atoms with Crippen molar-refractivity contribution in [3.05, 3.63) is 12.4 Å². The van der Waals surface area contributed by atoms with Gasteiger partial charge in [0.25, 0.3) is 0 Å². The molecule has 8 nitrogen and oxygen atoms in total. The van der Waals surface area contributed by atoms with Gasteiger partial charge in [0.2, 0.25) is 15.9 Å². The number of morpholine rings is 1. The second-order valence-electron chi connectivity index (χ2n) is 4.80. The Morgan fingerprint density at radius 3 is 2.95 bits per heavy atom. The Balaban J connectivity index is 2.25. The summed E-state index contributed by atoms with van der Waals surface area (Å²) < 4.78 is 31.4. The van der Waals surface area contributed by atoms with Crippen LogP contribution >= 0.6 is 0 Å². The minimum absolute atomic E-state index is 0.0433. The quantitative estimate of drug-likeness (QED) is 0.767. The molecule has 2 N–H and O–H groups in total. The van der Waals surface area contributed by atoms with Crippen molar-refractivity contribution in [2.24, 2.45) is 0 Å². The van der Waals surface area contributed by atoms with Gasteiger partial charge in [-0.2, -0.15) is 9.40 Å². The molecule has 112 valence electrons. The fraction of sp³-hybridized carbons (Fsp3) is 0.636. The van der Waals surface area contributed by atoms with Gasteiger partial charge in [-0.05, 0) is 13.8 Å². The number of nitrogens with one attached hydrogen (secondary N) is 2. The van der Waals surface area contributed by atoms with Crippen LogP contribution in [0.2, 0.25) is 0 Å². The number of H-pyrrole nitrogens is 1. The minimum atomic E-state index is -3.75. The van der Waals surface area contributed by atoms with Gasteiger partial charge in [0, 0.05) is 18.8 Å². The smallest absolute Gasteiger partial charge is 0.247 e. The van der Waals surface area contributed by atoms with Crippen molar-refractivity contribution in [2.75, 3.05) is 19.8 Å². The molecule has 1 fully saturated rings. The van der Waals surface area contributed by atoms with Crippen LogP contribution in [0.4, 0.5) is 0 Å². The van der Waals surface area contributed by atoms with Crippen LogP contribution in [-0.4, -0.2) is 60.7 Å². The molecule has 1 saturated heterocycles. The SMILES string of the molecule is CC(C)NC(=O)C1COCCN1S(=O)(=O)c1cn[nH]c1. The fourth-order valence-corrected chi connectivity index (χ4v) is 3.44. The third-order valence-corrected chi connectivity index (χ3v) is 4.77. The summed E-state index contributed by atoms with van der Waals surface area (Å²) in [7, 11) is -3.75. The standard InChI is InChI=1S/C11H18N4O4S/c1-8(2)14-11(16)10-7-19-4-3-15(10)20(17,18)9-5-12-13-6-9/h5-6,8,10H,3-4,7H2,1-2H3,(H,12,13)(H,14,16). The number of carbonyl (C=O) groups is 1. The second kappa shape index (κ2) is 5.90. The lowest BCUT2D eigenvalue weighted by atomic mass is 10.2. The molecule has 1 aromatic rings. The molecule has 20 heavy (non-hydrogen) atoms. The van der Waals surface area contributed by atoms with Crippen molar-refractivity contribution in [3.63, 3.8) is 0 Å². The first-order valence-corrected chi connectivity index (χ1v) is 7.75. The maximum Gasteiger partial charge on any atom is 0.247 e. The van der Waals surface area contributed by atoms with E-state index in [-0.39, 0.29) is 36.6 Å². The highest BCUT2D eigenvalue weighted by Crippen LogP contribution is 2.19. The average molecular weight is 302 g/mol. The van der Waals surface area contributed by atoms with Gasteiger partial charge in [0.15, 0.2) is 0 Å². The first-order valence-electron chi connectivity index (χ1n) is 6.31. The largest absolute Gasteiger partial charge is 0.378 e. The van der Waals surface area contributed by atoms with Crippen LogP contribution in [0.5, 0.6) is 0 Å². The van der Waals surface area contributed by atoms with Crippen molar-refractivity contribution in [1.82, 2.24) is 19.8 Å². The van der Waals surface area contributed by atoms with Crippen molar-refractivity contribution in [3.8, 4) is 0 Å². The number of sulfonamides is 1. The van der Waals surface area contributed by atoms with E-state index in [9.17, 15) is 13.2 Å². The van der Waals surface area contributed by atoms with E-state index in [1.54, 1.807) is 0 Å². The Morgan fingerprint density at radius 1 is 1.60 bits per heavy atom. The molecule has 9 heteroatoms. The molecule has 1 aliphatic rings. The number of hydrogen-bond acceptors (Lipinski definition) is 5. The zero-order chi connectivity index (χ0) is 14.8. The summed E-state index contributed by atoms with van der Waals surface area (Å²) in [5, 5.41) is 8.81. The lowest BCUT2D eigenvalue weighted by Crippen LogP contribution is -2.56. The van der Waals surface area contributed by atoms with Crippen LogP contribution in [0.25, 0.3) is 0 Å². The average Bonchev–Trinajstić information content (AvgIpc) is 2.92. The van der Waals surface area contributed by atoms with Crippen LogP contribution in [0, 0.1) is 0 Å². The molecular weight excluding hydrogens is 284 g/mol. The van der Waals surface area contributed by atoms with Crippen LogP contribution in [0.3, 0.4) is 0 Å². The molecule has 0 aliphatic carbocycles. The van der Waals surface area contributed by atoms with E-state index in [1.807, 2.05) is 13.8 Å². The van der Waals surface area contributed by atoms with Crippen molar-refractivity contribution < 1.29 is 17.9 Å². The molecule has 0 aromatic carbocycles. The summed E-state index contributed by atoms with van der Waals surface area (Å²) >= 11 is 0. The van der Waals surface area contributed by atoms with Crippen molar-refractivity contribution in [1.29, 1.82) is 0 Å². The highest BCUT2D eigenvalue weighted by Gasteiger charge is 2.38. The number of nitrogens with zero attached hydrogens (tertiary/aromatic N) is 2. The van der Waals surface area contributed by atoms with E-state index < -0.39 is 16.1 Å². The molecule has 1 aliphatic heterocycles. The lowest BCUT2D eigenvalue weighted by molar-refractivity contribution is -0.129. The Kier molecular flexibility index (Phi) is 4.41. The van der Waals surface area contributed by atoms with E-state index in [1.165, 1.54) is 16.7 Å². The van der Waals surface area contributed by atoms with E-state index in [0.29, 0.717) is 0 Å². The van der Waals surface area contributed by atoms with Gasteiger partial charge >= 0.3 is 0 Å². The summed E-state index contributed by atoms with van der Waals surface area (Å²) in [6.07, 6.45) is 2.52. The summed E-state index contributed by atoms with van der Waals surface area (Å²) in [4.78, 5) is 12.2. The monoisotopic (exact) mass is 302 g/mol. The van der Waals surface area contributed by atoms with Crippen LogP contribution in [0.1, 0.15) is 13.8 Å². The summed E-state index contributed by atoms with van der Waals surface area (Å²) in [5.74, 6) is -0.355. The van der Waals surface area contributed by atoms with Crippen molar-refractivity contribution in [2.45, 2.75) is 30.8 Å². The fourth-order valence-electron chi connectivity index (χ4n) is 1.98.